The highest BCUT2D eigenvalue weighted by molar-refractivity contribution is 6.16. The molecule has 0 amide bonds. The molecule has 0 spiro atoms. The summed E-state index contributed by atoms with van der Waals surface area (Å²) in [6.07, 6.45) is 0. The van der Waals surface area contributed by atoms with E-state index in [2.05, 4.69) is 450 Å². The number of aromatic nitrogens is 6. The Bertz CT molecular complexity index is 5270. The molecule has 0 radical (unpaired) electrons. The third-order valence-electron chi connectivity index (χ3n) is 23.7. The lowest BCUT2D eigenvalue weighted by Gasteiger charge is -2.33. The molecule has 0 aliphatic heterocycles. The van der Waals surface area contributed by atoms with Crippen molar-refractivity contribution in [3.63, 3.8) is 0 Å². The molecular formula is C112H122N8O6. The van der Waals surface area contributed by atoms with E-state index in [4.69, 9.17) is 48.8 Å². The molecule has 14 heteroatoms. The van der Waals surface area contributed by atoms with Crippen molar-refractivity contribution in [3.8, 4) is 56.8 Å². The maximum Gasteiger partial charge on any atom is 0.178 e. The summed E-state index contributed by atoms with van der Waals surface area (Å²) in [6, 6.07) is 110. The molecule has 0 unspecified atom stereocenters. The first-order valence-corrected chi connectivity index (χ1v) is 44.2. The average Bonchev–Trinajstić information content (AvgIpc) is 1.55. The number of ether oxygens (including phenoxy) is 6. The van der Waals surface area contributed by atoms with Gasteiger partial charge in [-0.15, -0.1) is 0 Å². The molecule has 0 atom stereocenters. The van der Waals surface area contributed by atoms with Crippen LogP contribution in [0, 0.1) is 10.8 Å². The van der Waals surface area contributed by atoms with Gasteiger partial charge in [-0.25, -0.2) is 0 Å². The SMILES string of the molecule is CC(C)(C)c1ccc(OCC(COc2ccc(C(C)(C)C)cc2)(COc2ccc(C(C)(C)C)cc2)Cn2nc3c(-c4ccc(N(c5ccccc5)c5ccccc5)cc4)c4n[n+](CC(COc5ccc(C(C)(C)C)cc5)(COc5ccc(C(C)(C)C)cc5)COc5ccc(C(C)(C)C)cc5)[n-]c4c(-c4ccc(N(c5ccccc5)c5ccccc5)cc4)c3n2)cc1. The molecule has 13 aromatic carbocycles. The molecule has 14 nitrogen and oxygen atoms in total. The molecule has 126 heavy (non-hydrogen) atoms. The molecule has 2 heterocycles. The van der Waals surface area contributed by atoms with E-state index in [1.54, 1.807) is 0 Å². The molecule has 0 aliphatic rings. The minimum Gasteiger partial charge on any atom is -0.493 e. The summed E-state index contributed by atoms with van der Waals surface area (Å²) in [5, 5.41) is 23.6. The fourth-order valence-electron chi connectivity index (χ4n) is 15.9. The first-order valence-electron chi connectivity index (χ1n) is 44.2. The van der Waals surface area contributed by atoms with Gasteiger partial charge in [-0.2, -0.15) is 30.0 Å². The molecule has 0 fully saturated rings. The van der Waals surface area contributed by atoms with Crippen LogP contribution in [0.1, 0.15) is 158 Å². The van der Waals surface area contributed by atoms with Crippen molar-refractivity contribution in [2.24, 2.45) is 10.8 Å². The maximum atomic E-state index is 7.16. The van der Waals surface area contributed by atoms with Gasteiger partial charge in [-0.1, -0.05) is 294 Å². The van der Waals surface area contributed by atoms with Crippen LogP contribution in [0.25, 0.3) is 44.3 Å². The van der Waals surface area contributed by atoms with Crippen molar-refractivity contribution in [2.45, 2.75) is 170 Å². The molecule has 0 aliphatic carbocycles. The maximum absolute atomic E-state index is 7.16. The van der Waals surface area contributed by atoms with Gasteiger partial charge in [0.15, 0.2) is 6.54 Å². The Kier molecular flexibility index (Phi) is 25.4. The summed E-state index contributed by atoms with van der Waals surface area (Å²) in [4.78, 5) is 8.22. The van der Waals surface area contributed by atoms with Crippen LogP contribution in [-0.4, -0.2) is 59.7 Å². The Hall–Kier alpha value is -12.9. The highest BCUT2D eigenvalue weighted by Gasteiger charge is 2.41. The van der Waals surface area contributed by atoms with Crippen molar-refractivity contribution in [3.05, 3.63) is 349 Å². The molecule has 0 saturated heterocycles. The van der Waals surface area contributed by atoms with Crippen LogP contribution in [0.4, 0.5) is 34.1 Å². The Balaban J connectivity index is 0.966. The van der Waals surface area contributed by atoms with Crippen LogP contribution in [0.5, 0.6) is 34.5 Å². The van der Waals surface area contributed by atoms with Crippen molar-refractivity contribution < 1.29 is 33.2 Å². The van der Waals surface area contributed by atoms with Gasteiger partial charge in [-0.05, 0) is 223 Å². The van der Waals surface area contributed by atoms with Gasteiger partial charge in [0.1, 0.15) is 90.6 Å². The Labute approximate surface area is 746 Å². The molecule has 646 valence electrons. The van der Waals surface area contributed by atoms with E-state index < -0.39 is 10.8 Å². The molecule has 2 aromatic heterocycles. The van der Waals surface area contributed by atoms with Gasteiger partial charge in [-0.3, -0.25) is 0 Å². The second-order valence-electron chi connectivity index (χ2n) is 40.1. The zero-order valence-corrected chi connectivity index (χ0v) is 76.7. The number of hydrogen-bond acceptors (Lipinski definition) is 11. The number of fused-ring (bicyclic) bond motifs is 2. The van der Waals surface area contributed by atoms with Crippen LogP contribution in [0.15, 0.2) is 315 Å². The van der Waals surface area contributed by atoms with Crippen LogP contribution in [0.3, 0.4) is 0 Å². The molecule has 0 bridgehead atoms. The summed E-state index contributed by atoms with van der Waals surface area (Å²) in [5.74, 6) is 4.25. The number of para-hydroxylation sites is 4. The largest absolute Gasteiger partial charge is 0.493 e. The highest BCUT2D eigenvalue weighted by atomic mass is 16.5. The minimum atomic E-state index is -1.01. The molecule has 0 N–H and O–H groups in total. The van der Waals surface area contributed by atoms with Crippen LogP contribution in [-0.2, 0) is 45.6 Å². The summed E-state index contributed by atoms with van der Waals surface area (Å²) < 4.78 is 43.0. The monoisotopic (exact) mass is 1670 g/mol. The third-order valence-corrected chi connectivity index (χ3v) is 23.7. The lowest BCUT2D eigenvalue weighted by Crippen LogP contribution is -2.55. The van der Waals surface area contributed by atoms with Gasteiger partial charge in [0.2, 0.25) is 0 Å². The van der Waals surface area contributed by atoms with Crippen molar-refractivity contribution in [1.29, 1.82) is 0 Å². The number of nitrogens with zero attached hydrogens (tertiary/aromatic N) is 8. The first kappa shape index (κ1) is 87.9. The minimum absolute atomic E-state index is 0.0816. The summed E-state index contributed by atoms with van der Waals surface area (Å²) >= 11 is 0. The normalized spacial score (nSPS) is 12.5. The summed E-state index contributed by atoms with van der Waals surface area (Å²) in [7, 11) is 0. The van der Waals surface area contributed by atoms with E-state index in [9.17, 15) is 0 Å². The molecule has 15 aromatic rings. The lowest BCUT2D eigenvalue weighted by molar-refractivity contribution is -0.814. The zero-order valence-electron chi connectivity index (χ0n) is 76.7. The van der Waals surface area contributed by atoms with Gasteiger partial charge in [0, 0.05) is 56.3 Å². The third kappa shape index (κ3) is 21.0. The summed E-state index contributed by atoms with van der Waals surface area (Å²) in [5.41, 5.74) is 16.1. The Morgan fingerprint density at radius 2 is 0.492 bits per heavy atom. The quantitative estimate of drug-likeness (QED) is 0.0398. The van der Waals surface area contributed by atoms with Crippen LogP contribution < -0.4 is 48.1 Å². The fourth-order valence-corrected chi connectivity index (χ4v) is 15.9. The predicted octanol–water partition coefficient (Wildman–Crippen LogP) is 26.7. The first-order chi connectivity index (χ1) is 60.1. The predicted molar refractivity (Wildman–Crippen MR) is 515 cm³/mol. The highest BCUT2D eigenvalue weighted by Crippen LogP contribution is 2.46. The van der Waals surface area contributed by atoms with E-state index in [-0.39, 0.29) is 85.2 Å². The van der Waals surface area contributed by atoms with Crippen LogP contribution in [0.2, 0.25) is 0 Å². The van der Waals surface area contributed by atoms with Crippen molar-refractivity contribution >= 4 is 56.2 Å². The Morgan fingerprint density at radius 3 is 0.746 bits per heavy atom. The van der Waals surface area contributed by atoms with Crippen LogP contribution >= 0.6 is 0 Å². The topological polar surface area (TPSA) is 123 Å². The molecule has 0 saturated carbocycles. The smallest absolute Gasteiger partial charge is 0.178 e. The van der Waals surface area contributed by atoms with E-state index in [0.29, 0.717) is 56.6 Å². The lowest BCUT2D eigenvalue weighted by atomic mass is 9.87. The van der Waals surface area contributed by atoms with Gasteiger partial charge in [0.05, 0.1) is 12.0 Å². The fraction of sp³-hybridized carbons (Fsp3) is 0.304. The van der Waals surface area contributed by atoms with Gasteiger partial charge in [0.25, 0.3) is 0 Å². The second-order valence-corrected chi connectivity index (χ2v) is 40.1. The number of anilines is 6. The standard InChI is InChI=1S/C112H122N8O6/c1-105(2,3)81-43-59-93(60-44-81)121-73-111(74-122-94-61-45-82(46-62-94)106(4,5)6,75-123-95-63-47-83(48-64-95)107(7,8)9)71-117-113-101-99(79-39-55-91(56-40-79)119(87-31-23-19-24-32-87)88-33-25-20-26-34-88)103-104(100(102(101)114-117)80-41-57-92(58-42-80)120(89-35-27-21-28-36-89)90-37-29-22-30-38-90)116-118(115-103)72-112(76-124-96-65-49-84(50-66-96)108(10,11)12,77-125-97-67-51-85(52-68-97)109(13,14)15)78-126-98-69-53-86(54-70-98)110(16,17)18/h19-70H,71-78H2,1-18H3. The number of benzene rings is 13. The van der Waals surface area contributed by atoms with E-state index in [0.717, 1.165) is 56.4 Å². The summed E-state index contributed by atoms with van der Waals surface area (Å²) in [6.45, 7) is 41.2. The molecular weight excluding hydrogens is 1550 g/mol. The Morgan fingerprint density at radius 1 is 0.262 bits per heavy atom. The zero-order chi connectivity index (χ0) is 88.8. The van der Waals surface area contributed by atoms with E-state index >= 15 is 0 Å². The van der Waals surface area contributed by atoms with E-state index in [1.165, 1.54) is 33.4 Å². The van der Waals surface area contributed by atoms with Gasteiger partial charge >= 0.3 is 0 Å². The van der Waals surface area contributed by atoms with Crippen molar-refractivity contribution in [1.82, 2.24) is 25.2 Å². The number of rotatable bonds is 30. The van der Waals surface area contributed by atoms with Crippen molar-refractivity contribution in [2.75, 3.05) is 49.4 Å². The average molecular weight is 1680 g/mol. The molecule has 15 rings (SSSR count). The van der Waals surface area contributed by atoms with Gasteiger partial charge < -0.3 is 38.2 Å². The second kappa shape index (κ2) is 36.3. The number of hydrogen-bond donors (Lipinski definition) is 0. The van der Waals surface area contributed by atoms with E-state index in [1.807, 2.05) is 9.59 Å².